The molecule has 0 aromatic rings. The maximum atomic E-state index is 7.21. The van der Waals surface area contributed by atoms with Crippen LogP contribution in [0.4, 0.5) is 0 Å². The summed E-state index contributed by atoms with van der Waals surface area (Å²) in [5.41, 5.74) is 3.09. The fourth-order valence-corrected chi connectivity index (χ4v) is 17.9. The Kier molecular flexibility index (Phi) is 13.4. The summed E-state index contributed by atoms with van der Waals surface area (Å²) in [5.74, 6) is 0.789. The molecule has 0 aromatic carbocycles. The second-order valence-corrected chi connectivity index (χ2v) is 23.3. The molecule has 0 unspecified atom stereocenters. The van der Waals surface area contributed by atoms with E-state index >= 15 is 0 Å². The van der Waals surface area contributed by atoms with Crippen molar-refractivity contribution in [3.05, 3.63) is 24.0 Å². The van der Waals surface area contributed by atoms with E-state index in [-0.39, 0.29) is 12.2 Å². The molecule has 4 nitrogen and oxygen atoms in total. The Labute approximate surface area is 227 Å². The topological polar surface area (TPSA) is 36.9 Å². The number of rotatable bonds is 14. The molecule has 1 aliphatic heterocycles. The standard InChI is InChI=1S/C28H54O4Si2.Cr/c1-14-29-18-17-26-15-16-27(32-34(23(8)9,24(10)11)25(12)13)28(31-26)19-30-33(20(2)3,21(4)5)22(6)7;/h15-17,20-25,27-28H,14,19H2,1-13H3;/b26-17-;/t27-,28+;/m0./s1. The first-order chi connectivity index (χ1) is 16.2. The van der Waals surface area contributed by atoms with Crippen molar-refractivity contribution in [2.24, 2.45) is 0 Å². The van der Waals surface area contributed by atoms with Gasteiger partial charge in [0.1, 0.15) is 0 Å². The summed E-state index contributed by atoms with van der Waals surface area (Å²) in [5, 5.41) is 0. The SMILES string of the molecule is CCO[C](=[Cr])/C=C1/C=C[C@H](O[Si](C(C)C)(C(C)C)C(C)C)[C@@H](CO[Si](C(C)C)(C(C)C)C(C)C)O1. The molecule has 0 saturated heterocycles. The van der Waals surface area contributed by atoms with E-state index in [4.69, 9.17) is 18.3 Å². The second kappa shape index (κ2) is 14.2. The molecule has 0 radical (unpaired) electrons. The molecule has 0 spiro atoms. The Balaban J connectivity index is 3.42. The first kappa shape index (κ1) is 33.0. The number of hydrogen-bond acceptors (Lipinski definition) is 4. The summed E-state index contributed by atoms with van der Waals surface area (Å²) in [6, 6.07) is 0. The molecule has 0 N–H and O–H groups in total. The van der Waals surface area contributed by atoms with Gasteiger partial charge in [-0.3, -0.25) is 0 Å². The van der Waals surface area contributed by atoms with Crippen LogP contribution in [0.1, 0.15) is 90.0 Å². The zero-order chi connectivity index (χ0) is 27.1. The summed E-state index contributed by atoms with van der Waals surface area (Å²) in [6.45, 7) is 31.1. The van der Waals surface area contributed by atoms with Crippen LogP contribution >= 0.6 is 0 Å². The van der Waals surface area contributed by atoms with Gasteiger partial charge in [-0.25, -0.2) is 0 Å². The van der Waals surface area contributed by atoms with Gasteiger partial charge in [-0.2, -0.15) is 0 Å². The predicted octanol–water partition coefficient (Wildman–Crippen LogP) is 8.29. The van der Waals surface area contributed by atoms with Gasteiger partial charge in [0.05, 0.1) is 0 Å². The van der Waals surface area contributed by atoms with Crippen LogP contribution in [0, 0.1) is 0 Å². The Morgan fingerprint density at radius 2 is 1.31 bits per heavy atom. The van der Waals surface area contributed by atoms with E-state index in [0.29, 0.717) is 46.5 Å². The minimum atomic E-state index is -2.09. The summed E-state index contributed by atoms with van der Waals surface area (Å²) in [4.78, 5) is 0. The number of ether oxygens (including phenoxy) is 2. The molecule has 0 amide bonds. The average molecular weight is 563 g/mol. The van der Waals surface area contributed by atoms with Gasteiger partial charge in [0, 0.05) is 0 Å². The minimum absolute atomic E-state index is 0.124. The van der Waals surface area contributed by atoms with Crippen LogP contribution in [-0.4, -0.2) is 46.6 Å². The van der Waals surface area contributed by atoms with Gasteiger partial charge in [0.25, 0.3) is 0 Å². The molecule has 1 rings (SSSR count). The van der Waals surface area contributed by atoms with Crippen molar-refractivity contribution in [3.8, 4) is 0 Å². The quantitative estimate of drug-likeness (QED) is 0.200. The fraction of sp³-hybridized carbons (Fsp3) is 0.821. The Hall–Kier alpha value is -0.00377. The Morgan fingerprint density at radius 3 is 1.71 bits per heavy atom. The molecule has 7 heteroatoms. The van der Waals surface area contributed by atoms with E-state index in [2.05, 4.69) is 105 Å². The van der Waals surface area contributed by atoms with E-state index in [1.54, 1.807) is 0 Å². The molecule has 0 saturated carbocycles. The van der Waals surface area contributed by atoms with Crippen molar-refractivity contribution in [1.29, 1.82) is 0 Å². The van der Waals surface area contributed by atoms with Crippen LogP contribution < -0.4 is 0 Å². The predicted molar refractivity (Wildman–Crippen MR) is 152 cm³/mol. The molecular weight excluding hydrogens is 508 g/mol. The molecule has 2 atom stereocenters. The summed E-state index contributed by atoms with van der Waals surface area (Å²) >= 11 is 2.99. The van der Waals surface area contributed by atoms with Crippen LogP contribution in [-0.2, 0) is 34.2 Å². The van der Waals surface area contributed by atoms with Crippen LogP contribution in [0.25, 0.3) is 0 Å². The van der Waals surface area contributed by atoms with E-state index < -0.39 is 16.6 Å². The van der Waals surface area contributed by atoms with Crippen LogP contribution in [0.2, 0.25) is 33.2 Å². The van der Waals surface area contributed by atoms with Gasteiger partial charge in [-0.05, 0) is 0 Å². The van der Waals surface area contributed by atoms with Gasteiger partial charge in [-0.1, -0.05) is 0 Å². The van der Waals surface area contributed by atoms with Crippen molar-refractivity contribution < 1.29 is 34.2 Å². The maximum absolute atomic E-state index is 7.21. The van der Waals surface area contributed by atoms with Gasteiger partial charge < -0.3 is 0 Å². The molecule has 35 heavy (non-hydrogen) atoms. The van der Waals surface area contributed by atoms with Crippen LogP contribution in [0.3, 0.4) is 0 Å². The first-order valence-corrected chi connectivity index (χ1v) is 18.6. The zero-order valence-corrected chi connectivity index (χ0v) is 28.1. The number of allylic oxidation sites excluding steroid dienone is 1. The van der Waals surface area contributed by atoms with Crippen LogP contribution in [0.5, 0.6) is 0 Å². The number of hydrogen-bond donors (Lipinski definition) is 0. The second-order valence-electron chi connectivity index (χ2n) is 11.8. The third kappa shape index (κ3) is 7.75. The molecule has 0 bridgehead atoms. The average Bonchev–Trinajstić information content (AvgIpc) is 2.72. The fourth-order valence-electron chi connectivity index (χ4n) is 6.59. The van der Waals surface area contributed by atoms with Gasteiger partial charge in [0.15, 0.2) is 0 Å². The van der Waals surface area contributed by atoms with E-state index in [0.717, 1.165) is 10.3 Å². The molecular formula is C28H54CrO4Si2. The first-order valence-electron chi connectivity index (χ1n) is 13.7. The third-order valence-electron chi connectivity index (χ3n) is 7.90. The molecule has 204 valence electrons. The van der Waals surface area contributed by atoms with E-state index in [1.807, 2.05) is 19.1 Å². The van der Waals surface area contributed by atoms with Crippen molar-refractivity contribution in [2.75, 3.05) is 13.2 Å². The van der Waals surface area contributed by atoms with E-state index in [9.17, 15) is 0 Å². The van der Waals surface area contributed by atoms with Gasteiger partial charge in [-0.15, -0.1) is 0 Å². The van der Waals surface area contributed by atoms with Crippen molar-refractivity contribution in [2.45, 2.75) is 135 Å². The van der Waals surface area contributed by atoms with Crippen molar-refractivity contribution in [3.63, 3.8) is 0 Å². The van der Waals surface area contributed by atoms with Crippen molar-refractivity contribution >= 4 is 21.2 Å². The summed E-state index contributed by atoms with van der Waals surface area (Å²) in [6.07, 6.45) is 5.85. The summed E-state index contributed by atoms with van der Waals surface area (Å²) < 4.78 is 27.2. The van der Waals surface area contributed by atoms with Gasteiger partial charge >= 0.3 is 228 Å². The van der Waals surface area contributed by atoms with E-state index in [1.165, 1.54) is 0 Å². The molecule has 0 aromatic heterocycles. The summed E-state index contributed by atoms with van der Waals surface area (Å²) in [7, 11) is -4.13. The monoisotopic (exact) mass is 562 g/mol. The third-order valence-corrected chi connectivity index (χ3v) is 20.4. The Bertz CT molecular complexity index is 685. The Morgan fingerprint density at radius 1 is 0.857 bits per heavy atom. The molecule has 1 heterocycles. The molecule has 0 fully saturated rings. The molecule has 0 aliphatic carbocycles. The normalized spacial score (nSPS) is 20.8. The van der Waals surface area contributed by atoms with Crippen molar-refractivity contribution in [1.82, 2.24) is 0 Å². The zero-order valence-electron chi connectivity index (χ0n) is 24.8. The van der Waals surface area contributed by atoms with Crippen LogP contribution in [0.15, 0.2) is 24.0 Å². The van der Waals surface area contributed by atoms with Gasteiger partial charge in [0.2, 0.25) is 0 Å². The molecule has 1 aliphatic rings.